The number of aromatic nitrogens is 4. The van der Waals surface area contributed by atoms with Gasteiger partial charge in [-0.05, 0) is 43.3 Å². The van der Waals surface area contributed by atoms with Crippen molar-refractivity contribution in [1.29, 1.82) is 5.26 Å². The van der Waals surface area contributed by atoms with Crippen LogP contribution >= 0.6 is 0 Å². The van der Waals surface area contributed by atoms with Gasteiger partial charge in [0.1, 0.15) is 41.3 Å². The monoisotopic (exact) mass is 530 g/mol. The summed E-state index contributed by atoms with van der Waals surface area (Å²) in [4.78, 5) is 20.5. The largest absolute Gasteiger partial charge is 0.494 e. The van der Waals surface area contributed by atoms with Gasteiger partial charge >= 0.3 is 6.03 Å². The Morgan fingerprint density at radius 1 is 1.10 bits per heavy atom. The number of ether oxygens (including phenoxy) is 2. The van der Waals surface area contributed by atoms with E-state index in [4.69, 9.17) is 15.2 Å². The highest BCUT2D eigenvalue weighted by Gasteiger charge is 2.22. The third kappa shape index (κ3) is 6.22. The lowest BCUT2D eigenvalue weighted by molar-refractivity contribution is 0.262. The minimum absolute atomic E-state index is 0.0523. The van der Waals surface area contributed by atoms with Gasteiger partial charge < -0.3 is 20.5 Å². The molecule has 11 nitrogen and oxygen atoms in total. The molecule has 0 saturated heterocycles. The first-order valence-electron chi connectivity index (χ1n) is 12.0. The Kier molecular flexibility index (Phi) is 7.62. The summed E-state index contributed by atoms with van der Waals surface area (Å²) in [5.41, 5.74) is 6.66. The van der Waals surface area contributed by atoms with Crippen LogP contribution in [0.5, 0.6) is 17.4 Å². The van der Waals surface area contributed by atoms with E-state index in [0.717, 1.165) is 18.1 Å². The van der Waals surface area contributed by atoms with Crippen LogP contribution in [0.15, 0.2) is 54.9 Å². The molecule has 2 aromatic carbocycles. The number of urea groups is 1. The number of benzene rings is 2. The van der Waals surface area contributed by atoms with Crippen molar-refractivity contribution < 1.29 is 18.7 Å². The fraction of sp³-hybridized carbons (Fsp3) is 0.222. The van der Waals surface area contributed by atoms with Crippen molar-refractivity contribution in [3.8, 4) is 29.1 Å². The summed E-state index contributed by atoms with van der Waals surface area (Å²) >= 11 is 0. The van der Waals surface area contributed by atoms with Crippen LogP contribution in [-0.2, 0) is 5.41 Å². The summed E-state index contributed by atoms with van der Waals surface area (Å²) in [6.45, 7) is 8.48. The third-order valence-electron chi connectivity index (χ3n) is 5.47. The second-order valence-corrected chi connectivity index (χ2v) is 9.38. The number of carbonyl (C=O) groups excluding carboxylic acids is 1. The van der Waals surface area contributed by atoms with Gasteiger partial charge in [0.25, 0.3) is 0 Å². The van der Waals surface area contributed by atoms with Gasteiger partial charge in [-0.1, -0.05) is 20.8 Å². The number of nitrogens with two attached hydrogens (primary N) is 1. The standard InChI is InChI=1S/C27H27FN8O3/c1-5-38-17-8-6-16(7-9-17)36-23(13-22(35-36)27(2,3)4)34-26(37)33-21-11-10-18(12-20(21)28)39-25-19(14-29)24(30)31-15-32-25/h6-13,15H,5H2,1-4H3,(H2,30,31,32)(H2,33,34,37). The first-order valence-corrected chi connectivity index (χ1v) is 12.0. The molecule has 2 aromatic heterocycles. The summed E-state index contributed by atoms with van der Waals surface area (Å²) < 4.78 is 27.5. The van der Waals surface area contributed by atoms with Gasteiger partial charge in [0.05, 0.1) is 23.7 Å². The van der Waals surface area contributed by atoms with Crippen LogP contribution in [0.2, 0.25) is 0 Å². The number of hydrogen-bond donors (Lipinski definition) is 3. The molecular weight excluding hydrogens is 503 g/mol. The molecule has 4 aromatic rings. The molecule has 200 valence electrons. The molecule has 4 N–H and O–H groups in total. The number of nitrogen functional groups attached to an aromatic ring is 1. The smallest absolute Gasteiger partial charge is 0.324 e. The fourth-order valence-electron chi connectivity index (χ4n) is 3.49. The maximum atomic E-state index is 14.8. The zero-order valence-corrected chi connectivity index (χ0v) is 21.8. The highest BCUT2D eigenvalue weighted by atomic mass is 19.1. The van der Waals surface area contributed by atoms with Crippen molar-refractivity contribution in [2.75, 3.05) is 23.0 Å². The summed E-state index contributed by atoms with van der Waals surface area (Å²) in [7, 11) is 0. The minimum atomic E-state index is -0.765. The van der Waals surface area contributed by atoms with E-state index in [1.165, 1.54) is 12.1 Å². The van der Waals surface area contributed by atoms with Crippen molar-refractivity contribution in [1.82, 2.24) is 19.7 Å². The van der Waals surface area contributed by atoms with Crippen LogP contribution < -0.4 is 25.8 Å². The van der Waals surface area contributed by atoms with E-state index in [0.29, 0.717) is 23.9 Å². The SMILES string of the molecule is CCOc1ccc(-n2nc(C(C)(C)C)cc2NC(=O)Nc2ccc(Oc3ncnc(N)c3C#N)cc2F)cc1. The highest BCUT2D eigenvalue weighted by Crippen LogP contribution is 2.29. The van der Waals surface area contributed by atoms with Crippen molar-refractivity contribution in [2.45, 2.75) is 33.1 Å². The summed E-state index contributed by atoms with van der Waals surface area (Å²) in [6.07, 6.45) is 1.13. The highest BCUT2D eigenvalue weighted by molar-refractivity contribution is 5.99. The predicted octanol–water partition coefficient (Wildman–Crippen LogP) is 5.39. The molecule has 0 aliphatic carbocycles. The topological polar surface area (TPSA) is 153 Å². The molecule has 0 saturated carbocycles. The second kappa shape index (κ2) is 11.1. The average Bonchev–Trinajstić information content (AvgIpc) is 3.31. The first-order chi connectivity index (χ1) is 18.6. The van der Waals surface area contributed by atoms with Gasteiger partial charge in [0.15, 0.2) is 5.56 Å². The second-order valence-electron chi connectivity index (χ2n) is 9.38. The number of rotatable bonds is 7. The zero-order chi connectivity index (χ0) is 28.2. The lowest BCUT2D eigenvalue weighted by atomic mass is 9.92. The molecule has 2 heterocycles. The van der Waals surface area contributed by atoms with Gasteiger partial charge in [-0.3, -0.25) is 5.32 Å². The van der Waals surface area contributed by atoms with Gasteiger partial charge in [-0.25, -0.2) is 23.8 Å². The van der Waals surface area contributed by atoms with Crippen molar-refractivity contribution >= 4 is 23.4 Å². The number of hydrogen-bond acceptors (Lipinski definition) is 8. The molecular formula is C27H27FN8O3. The Morgan fingerprint density at radius 3 is 2.46 bits per heavy atom. The lowest BCUT2D eigenvalue weighted by Gasteiger charge is -2.14. The van der Waals surface area contributed by atoms with Gasteiger partial charge in [-0.2, -0.15) is 10.4 Å². The van der Waals surface area contributed by atoms with Crippen LogP contribution in [-0.4, -0.2) is 32.4 Å². The van der Waals surface area contributed by atoms with E-state index in [2.05, 4.69) is 25.7 Å². The number of nitrogens with one attached hydrogen (secondary N) is 2. The Hall–Kier alpha value is -5.18. The van der Waals surface area contributed by atoms with Crippen molar-refractivity contribution in [3.63, 3.8) is 0 Å². The molecule has 4 rings (SSSR count). The Morgan fingerprint density at radius 2 is 1.82 bits per heavy atom. The summed E-state index contributed by atoms with van der Waals surface area (Å²) in [6, 6.07) is 14.0. The van der Waals surface area contributed by atoms with Crippen LogP contribution in [0.1, 0.15) is 39.0 Å². The molecule has 0 aliphatic heterocycles. The Bertz CT molecular complexity index is 1540. The number of anilines is 3. The molecule has 0 bridgehead atoms. The van der Waals surface area contributed by atoms with Crippen LogP contribution in [0, 0.1) is 17.1 Å². The molecule has 2 amide bonds. The first kappa shape index (κ1) is 26.9. The molecule has 0 aliphatic rings. The van der Waals surface area contributed by atoms with E-state index in [-0.39, 0.29) is 34.1 Å². The molecule has 0 unspecified atom stereocenters. The molecule has 0 spiro atoms. The molecule has 0 fully saturated rings. The molecule has 39 heavy (non-hydrogen) atoms. The van der Waals surface area contributed by atoms with E-state index in [1.807, 2.05) is 58.0 Å². The van der Waals surface area contributed by atoms with E-state index < -0.39 is 11.8 Å². The molecule has 12 heteroatoms. The zero-order valence-electron chi connectivity index (χ0n) is 21.8. The number of amides is 2. The summed E-state index contributed by atoms with van der Waals surface area (Å²) in [5.74, 6) is 0.228. The van der Waals surface area contributed by atoms with E-state index in [1.54, 1.807) is 10.7 Å². The van der Waals surface area contributed by atoms with Crippen LogP contribution in [0.25, 0.3) is 5.69 Å². The van der Waals surface area contributed by atoms with Gasteiger partial charge in [-0.15, -0.1) is 0 Å². The maximum Gasteiger partial charge on any atom is 0.324 e. The van der Waals surface area contributed by atoms with Crippen molar-refractivity contribution in [2.24, 2.45) is 0 Å². The van der Waals surface area contributed by atoms with Crippen LogP contribution in [0.3, 0.4) is 0 Å². The number of halogens is 1. The average molecular weight is 531 g/mol. The quantitative estimate of drug-likeness (QED) is 0.288. The number of carbonyl (C=O) groups is 1. The van der Waals surface area contributed by atoms with Crippen molar-refractivity contribution in [3.05, 3.63) is 71.9 Å². The predicted molar refractivity (Wildman–Crippen MR) is 144 cm³/mol. The minimum Gasteiger partial charge on any atom is -0.494 e. The number of nitriles is 1. The van der Waals surface area contributed by atoms with Crippen LogP contribution in [0.4, 0.5) is 26.5 Å². The van der Waals surface area contributed by atoms with E-state index >= 15 is 0 Å². The third-order valence-corrected chi connectivity index (χ3v) is 5.47. The lowest BCUT2D eigenvalue weighted by Crippen LogP contribution is -2.22. The molecule has 0 atom stereocenters. The number of nitrogens with zero attached hydrogens (tertiary/aromatic N) is 5. The van der Waals surface area contributed by atoms with Gasteiger partial charge in [0.2, 0.25) is 5.88 Å². The fourth-order valence-corrected chi connectivity index (χ4v) is 3.49. The maximum absolute atomic E-state index is 14.8. The van der Waals surface area contributed by atoms with E-state index in [9.17, 15) is 14.4 Å². The summed E-state index contributed by atoms with van der Waals surface area (Å²) in [5, 5.41) is 19.2. The Labute approximate surface area is 224 Å². The van der Waals surface area contributed by atoms with Gasteiger partial charge in [0, 0.05) is 17.5 Å². The molecule has 0 radical (unpaired) electrons. The normalized spacial score (nSPS) is 11.0. The Balaban J connectivity index is 1.53.